The molecule has 0 saturated heterocycles. The molecule has 208 valence electrons. The molecule has 10 heteroatoms. The van der Waals surface area contributed by atoms with Crippen molar-refractivity contribution in [2.45, 2.75) is 32.6 Å². The second kappa shape index (κ2) is 12.2. The summed E-state index contributed by atoms with van der Waals surface area (Å²) in [6, 6.07) is 11.2. The van der Waals surface area contributed by atoms with Gasteiger partial charge < -0.3 is 25.4 Å². The maximum atomic E-state index is 11.2. The number of pyridine rings is 2. The predicted octanol–water partition coefficient (Wildman–Crippen LogP) is 7.84. The maximum absolute atomic E-state index is 11.2. The SMILES string of the molecule is COc1cc(OC)c(Cl)c(-c2cc3cnc(Nc4c(C)cccc4NC=O)cc3c(NCC3CCCC3)n2)c1Cl. The average molecular weight is 581 g/mol. The molecule has 0 unspecified atom stereocenters. The van der Waals surface area contributed by atoms with Crippen molar-refractivity contribution in [3.63, 3.8) is 0 Å². The zero-order valence-corrected chi connectivity index (χ0v) is 24.1. The van der Waals surface area contributed by atoms with Crippen LogP contribution in [0.1, 0.15) is 31.2 Å². The van der Waals surface area contributed by atoms with Crippen molar-refractivity contribution >= 4 is 63.4 Å². The molecular weight excluding hydrogens is 549 g/mol. The Morgan fingerprint density at radius 3 is 2.45 bits per heavy atom. The van der Waals surface area contributed by atoms with E-state index in [9.17, 15) is 4.79 Å². The van der Waals surface area contributed by atoms with E-state index in [4.69, 9.17) is 37.7 Å². The Morgan fingerprint density at radius 2 is 1.77 bits per heavy atom. The first-order valence-corrected chi connectivity index (χ1v) is 13.9. The molecule has 1 saturated carbocycles. The van der Waals surface area contributed by atoms with Crippen molar-refractivity contribution < 1.29 is 14.3 Å². The first-order chi connectivity index (χ1) is 19.4. The number of nitrogens with zero attached hydrogens (tertiary/aromatic N) is 2. The van der Waals surface area contributed by atoms with Crippen LogP contribution in [-0.4, -0.2) is 37.1 Å². The first kappa shape index (κ1) is 27.8. The largest absolute Gasteiger partial charge is 0.495 e. The summed E-state index contributed by atoms with van der Waals surface area (Å²) in [5.74, 6) is 2.79. The van der Waals surface area contributed by atoms with Crippen LogP contribution in [0, 0.1) is 12.8 Å². The average Bonchev–Trinajstić information content (AvgIpc) is 3.48. The number of para-hydroxylation sites is 1. The number of anilines is 4. The molecule has 5 rings (SSSR count). The van der Waals surface area contributed by atoms with Crippen LogP contribution in [0.2, 0.25) is 10.0 Å². The number of benzene rings is 2. The maximum Gasteiger partial charge on any atom is 0.211 e. The second-order valence-electron chi connectivity index (χ2n) is 9.85. The van der Waals surface area contributed by atoms with Gasteiger partial charge in [0, 0.05) is 35.1 Å². The summed E-state index contributed by atoms with van der Waals surface area (Å²) in [6.07, 6.45) is 7.34. The van der Waals surface area contributed by atoms with Gasteiger partial charge in [0.15, 0.2) is 0 Å². The number of methoxy groups -OCH3 is 2. The molecule has 3 N–H and O–H groups in total. The Bertz CT molecular complexity index is 1530. The number of carbonyl (C=O) groups is 1. The summed E-state index contributed by atoms with van der Waals surface area (Å²) >= 11 is 13.5. The van der Waals surface area contributed by atoms with E-state index in [-0.39, 0.29) is 0 Å². The van der Waals surface area contributed by atoms with E-state index in [1.165, 1.54) is 25.7 Å². The number of rotatable bonds is 10. The van der Waals surface area contributed by atoms with E-state index in [2.05, 4.69) is 20.9 Å². The second-order valence-corrected chi connectivity index (χ2v) is 10.6. The summed E-state index contributed by atoms with van der Waals surface area (Å²) in [7, 11) is 3.09. The predicted molar refractivity (Wildman–Crippen MR) is 163 cm³/mol. The van der Waals surface area contributed by atoms with Crippen LogP contribution in [0.4, 0.5) is 23.0 Å². The number of fused-ring (bicyclic) bond motifs is 1. The molecule has 0 spiro atoms. The van der Waals surface area contributed by atoms with Crippen molar-refractivity contribution in [3.8, 4) is 22.8 Å². The Hall–Kier alpha value is -3.75. The summed E-state index contributed by atoms with van der Waals surface area (Å²) in [6.45, 7) is 2.78. The standard InChI is InChI=1S/C30H31Cl2N5O3/c1-17-7-6-10-21(35-16-38)29(17)37-25-12-20-19(15-33-25)11-22(36-30(20)34-14-18-8-4-5-9-18)26-27(31)23(39-2)13-24(40-3)28(26)32/h6-7,10-13,15-16,18H,4-5,8-9,14H2,1-3H3,(H,33,37)(H,34,36)(H,35,38). The molecule has 0 radical (unpaired) electrons. The summed E-state index contributed by atoms with van der Waals surface area (Å²) in [5, 5.41) is 12.2. The molecular formula is C30H31Cl2N5O3. The minimum Gasteiger partial charge on any atom is -0.495 e. The van der Waals surface area contributed by atoms with Gasteiger partial charge in [0.1, 0.15) is 23.1 Å². The van der Waals surface area contributed by atoms with Crippen molar-refractivity contribution in [1.29, 1.82) is 0 Å². The van der Waals surface area contributed by atoms with Gasteiger partial charge >= 0.3 is 0 Å². The third-order valence-electron chi connectivity index (χ3n) is 7.32. The van der Waals surface area contributed by atoms with E-state index in [0.717, 1.165) is 28.6 Å². The highest BCUT2D eigenvalue weighted by Gasteiger charge is 2.22. The number of hydrogen-bond donors (Lipinski definition) is 3. The third-order valence-corrected chi connectivity index (χ3v) is 8.07. The molecule has 1 fully saturated rings. The number of carbonyl (C=O) groups excluding carboxylic acids is 1. The molecule has 8 nitrogen and oxygen atoms in total. The summed E-state index contributed by atoms with van der Waals surface area (Å²) in [4.78, 5) is 20.8. The quantitative estimate of drug-likeness (QED) is 0.164. The number of hydrogen-bond acceptors (Lipinski definition) is 7. The summed E-state index contributed by atoms with van der Waals surface area (Å²) < 4.78 is 11.0. The number of halogens is 2. The van der Waals surface area contributed by atoms with Gasteiger partial charge in [-0.05, 0) is 49.4 Å². The molecule has 4 aromatic rings. The van der Waals surface area contributed by atoms with Crippen LogP contribution in [0.15, 0.2) is 42.6 Å². The lowest BCUT2D eigenvalue weighted by atomic mass is 10.1. The Balaban J connectivity index is 1.62. The molecule has 40 heavy (non-hydrogen) atoms. The molecule has 1 aliphatic carbocycles. The van der Waals surface area contributed by atoms with Crippen LogP contribution in [0.25, 0.3) is 22.0 Å². The van der Waals surface area contributed by atoms with Gasteiger partial charge in [0.2, 0.25) is 6.41 Å². The van der Waals surface area contributed by atoms with Crippen molar-refractivity contribution in [2.75, 3.05) is 36.7 Å². The number of aryl methyl sites for hydroxylation is 1. The van der Waals surface area contributed by atoms with Crippen LogP contribution < -0.4 is 25.4 Å². The monoisotopic (exact) mass is 579 g/mol. The van der Waals surface area contributed by atoms with Gasteiger partial charge in [-0.25, -0.2) is 9.97 Å². The number of nitrogens with one attached hydrogen (secondary N) is 3. The van der Waals surface area contributed by atoms with Crippen molar-refractivity contribution in [2.24, 2.45) is 5.92 Å². The third kappa shape index (κ3) is 5.60. The Morgan fingerprint density at radius 1 is 1.05 bits per heavy atom. The zero-order valence-electron chi connectivity index (χ0n) is 22.6. The lowest BCUT2D eigenvalue weighted by Gasteiger charge is -2.18. The minimum absolute atomic E-state index is 0.350. The van der Waals surface area contributed by atoms with E-state index in [1.54, 1.807) is 26.5 Å². The van der Waals surface area contributed by atoms with Crippen LogP contribution in [0.5, 0.6) is 11.5 Å². The topological polar surface area (TPSA) is 97.4 Å². The van der Waals surface area contributed by atoms with E-state index < -0.39 is 0 Å². The van der Waals surface area contributed by atoms with E-state index >= 15 is 0 Å². The highest BCUT2D eigenvalue weighted by Crippen LogP contribution is 2.46. The van der Waals surface area contributed by atoms with Gasteiger partial charge in [-0.1, -0.05) is 48.2 Å². The van der Waals surface area contributed by atoms with Gasteiger partial charge in [-0.3, -0.25) is 4.79 Å². The molecule has 0 atom stereocenters. The minimum atomic E-state index is 0.350. The van der Waals surface area contributed by atoms with Gasteiger partial charge in [0.25, 0.3) is 0 Å². The fraction of sp³-hybridized carbons (Fsp3) is 0.300. The fourth-order valence-corrected chi connectivity index (χ4v) is 5.88. The fourth-order valence-electron chi connectivity index (χ4n) is 5.19. The summed E-state index contributed by atoms with van der Waals surface area (Å²) in [5.41, 5.74) is 3.51. The van der Waals surface area contributed by atoms with E-state index in [0.29, 0.717) is 62.5 Å². The van der Waals surface area contributed by atoms with Crippen molar-refractivity contribution in [1.82, 2.24) is 9.97 Å². The Labute approximate surface area is 243 Å². The smallest absolute Gasteiger partial charge is 0.211 e. The van der Waals surface area contributed by atoms with Crippen LogP contribution in [-0.2, 0) is 4.79 Å². The van der Waals surface area contributed by atoms with Gasteiger partial charge in [-0.2, -0.15) is 0 Å². The molecule has 2 aromatic carbocycles. The molecule has 1 aliphatic rings. The number of ether oxygens (including phenoxy) is 2. The normalized spacial score (nSPS) is 13.3. The number of amides is 1. The lowest BCUT2D eigenvalue weighted by Crippen LogP contribution is -2.12. The van der Waals surface area contributed by atoms with Crippen LogP contribution >= 0.6 is 23.2 Å². The van der Waals surface area contributed by atoms with Crippen molar-refractivity contribution in [3.05, 3.63) is 58.2 Å². The highest BCUT2D eigenvalue weighted by molar-refractivity contribution is 6.41. The Kier molecular flexibility index (Phi) is 8.47. The van der Waals surface area contributed by atoms with Crippen LogP contribution in [0.3, 0.4) is 0 Å². The number of aromatic nitrogens is 2. The molecule has 0 aliphatic heterocycles. The zero-order chi connectivity index (χ0) is 28.2. The first-order valence-electron chi connectivity index (χ1n) is 13.1. The lowest BCUT2D eigenvalue weighted by molar-refractivity contribution is -0.105. The van der Waals surface area contributed by atoms with Gasteiger partial charge in [0.05, 0.1) is 41.3 Å². The molecule has 2 heterocycles. The van der Waals surface area contributed by atoms with E-state index in [1.807, 2.05) is 37.3 Å². The highest BCUT2D eigenvalue weighted by atomic mass is 35.5. The molecule has 1 amide bonds. The van der Waals surface area contributed by atoms with Gasteiger partial charge in [-0.15, -0.1) is 0 Å². The molecule has 0 bridgehead atoms. The molecule has 2 aromatic heterocycles.